The van der Waals surface area contributed by atoms with Crippen LogP contribution in [0.5, 0.6) is 0 Å². The maximum Gasteiger partial charge on any atom is 0.211 e. The van der Waals surface area contributed by atoms with Gasteiger partial charge in [-0.25, -0.2) is 4.39 Å². The molecule has 3 aromatic rings. The number of hydrogen-bond donors (Lipinski definition) is 3. The van der Waals surface area contributed by atoms with Crippen LogP contribution in [0.25, 0.3) is 21.8 Å². The molecule has 3 N–H and O–H groups in total. The summed E-state index contributed by atoms with van der Waals surface area (Å²) in [7, 11) is 0. The third kappa shape index (κ3) is 1.92. The second kappa shape index (κ2) is 4.94. The number of anilines is 1. The van der Waals surface area contributed by atoms with Crippen LogP contribution in [-0.4, -0.2) is 23.1 Å². The monoisotopic (exact) mass is 272 g/mol. The Morgan fingerprint density at radius 3 is 2.90 bits per heavy atom. The summed E-state index contributed by atoms with van der Waals surface area (Å²) < 4.78 is 14.0. The minimum atomic E-state index is -0.336. The predicted molar refractivity (Wildman–Crippen MR) is 76.2 cm³/mol. The van der Waals surface area contributed by atoms with Crippen molar-refractivity contribution in [2.24, 2.45) is 0 Å². The third-order valence-electron chi connectivity index (χ3n) is 3.38. The minimum absolute atomic E-state index is 0.0675. The van der Waals surface area contributed by atoms with Crippen LogP contribution in [0.4, 0.5) is 10.1 Å². The van der Waals surface area contributed by atoms with Gasteiger partial charge >= 0.3 is 0 Å². The predicted octanol–water partition coefficient (Wildman–Crippen LogP) is 2.56. The van der Waals surface area contributed by atoms with Crippen LogP contribution in [0.15, 0.2) is 30.3 Å². The van der Waals surface area contributed by atoms with Crippen LogP contribution >= 0.6 is 0 Å². The quantitative estimate of drug-likeness (QED) is 0.639. The van der Waals surface area contributed by atoms with Crippen molar-refractivity contribution >= 4 is 33.9 Å². The second-order valence-electron chi connectivity index (χ2n) is 4.59. The number of carbonyl (C=O) groups excluding carboxylic acids is 1. The van der Waals surface area contributed by atoms with Crippen molar-refractivity contribution in [3.8, 4) is 0 Å². The molecule has 0 aliphatic heterocycles. The first-order valence-electron chi connectivity index (χ1n) is 6.28. The molecule has 0 atom stereocenters. The Balaban J connectivity index is 2.31. The molecule has 3 rings (SSSR count). The number of benzene rings is 2. The highest BCUT2D eigenvalue weighted by Crippen LogP contribution is 2.32. The van der Waals surface area contributed by atoms with Crippen LogP contribution in [0.2, 0.25) is 0 Å². The molecule has 0 radical (unpaired) electrons. The van der Waals surface area contributed by atoms with E-state index in [-0.39, 0.29) is 12.4 Å². The summed E-state index contributed by atoms with van der Waals surface area (Å²) in [5.41, 5.74) is 2.85. The summed E-state index contributed by atoms with van der Waals surface area (Å²) in [4.78, 5) is 13.7. The number of fused-ring (bicyclic) bond motifs is 3. The topological polar surface area (TPSA) is 65.1 Å². The number of amides is 1. The molecular weight excluding hydrogens is 259 g/mol. The average molecular weight is 272 g/mol. The summed E-state index contributed by atoms with van der Waals surface area (Å²) in [6.45, 7) is 0.0675. The zero-order valence-corrected chi connectivity index (χ0v) is 10.6. The van der Waals surface area contributed by atoms with Crippen molar-refractivity contribution in [1.82, 2.24) is 4.98 Å². The lowest BCUT2D eigenvalue weighted by Gasteiger charge is -2.01. The minimum Gasteiger partial charge on any atom is -0.396 e. The largest absolute Gasteiger partial charge is 0.396 e. The van der Waals surface area contributed by atoms with Gasteiger partial charge in [0.05, 0.1) is 11.2 Å². The molecule has 5 heteroatoms. The SMILES string of the molecule is O=CNc1ccc(F)c2c1[nH]c1cc(CCO)ccc12. The Morgan fingerprint density at radius 2 is 2.15 bits per heavy atom. The number of aromatic nitrogens is 1. The van der Waals surface area contributed by atoms with E-state index < -0.39 is 0 Å². The first-order valence-corrected chi connectivity index (χ1v) is 6.28. The van der Waals surface area contributed by atoms with Crippen LogP contribution in [0.3, 0.4) is 0 Å². The van der Waals surface area contributed by atoms with Crippen LogP contribution < -0.4 is 5.32 Å². The smallest absolute Gasteiger partial charge is 0.211 e. The molecule has 0 aliphatic carbocycles. The number of H-pyrrole nitrogens is 1. The average Bonchev–Trinajstić information content (AvgIpc) is 2.82. The second-order valence-corrected chi connectivity index (χ2v) is 4.59. The van der Waals surface area contributed by atoms with Crippen molar-refractivity contribution in [2.75, 3.05) is 11.9 Å². The highest BCUT2D eigenvalue weighted by molar-refractivity contribution is 6.12. The molecule has 0 fully saturated rings. The highest BCUT2D eigenvalue weighted by atomic mass is 19.1. The van der Waals surface area contributed by atoms with E-state index in [1.54, 1.807) is 0 Å². The maximum atomic E-state index is 14.0. The van der Waals surface area contributed by atoms with Gasteiger partial charge in [-0.15, -0.1) is 0 Å². The number of aromatic amines is 1. The number of hydrogen-bond acceptors (Lipinski definition) is 2. The van der Waals surface area contributed by atoms with Crippen molar-refractivity contribution in [3.63, 3.8) is 0 Å². The van der Waals surface area contributed by atoms with Crippen LogP contribution in [-0.2, 0) is 11.2 Å². The van der Waals surface area contributed by atoms with Gasteiger partial charge in [-0.3, -0.25) is 4.79 Å². The van der Waals surface area contributed by atoms with E-state index in [9.17, 15) is 9.18 Å². The van der Waals surface area contributed by atoms with E-state index in [1.165, 1.54) is 12.1 Å². The molecule has 102 valence electrons. The number of nitrogens with one attached hydrogen (secondary N) is 2. The van der Waals surface area contributed by atoms with Crippen molar-refractivity contribution in [2.45, 2.75) is 6.42 Å². The van der Waals surface area contributed by atoms with Gasteiger partial charge in [0, 0.05) is 22.9 Å². The van der Waals surface area contributed by atoms with E-state index in [2.05, 4.69) is 10.3 Å². The summed E-state index contributed by atoms with van der Waals surface area (Å²) >= 11 is 0. The van der Waals surface area contributed by atoms with E-state index in [0.29, 0.717) is 29.4 Å². The molecule has 4 nitrogen and oxygen atoms in total. The number of rotatable bonds is 4. The van der Waals surface area contributed by atoms with Gasteiger partial charge in [0.15, 0.2) is 0 Å². The molecule has 0 saturated carbocycles. The molecule has 2 aromatic carbocycles. The number of aliphatic hydroxyl groups excluding tert-OH is 1. The summed E-state index contributed by atoms with van der Waals surface area (Å²) in [6.07, 6.45) is 1.11. The fraction of sp³-hybridized carbons (Fsp3) is 0.133. The van der Waals surface area contributed by atoms with Crippen LogP contribution in [0.1, 0.15) is 5.56 Å². The normalized spacial score (nSPS) is 11.1. The van der Waals surface area contributed by atoms with Gasteiger partial charge < -0.3 is 15.4 Å². The molecule has 1 aromatic heterocycles. The highest BCUT2D eigenvalue weighted by Gasteiger charge is 2.12. The Labute approximate surface area is 114 Å². The molecular formula is C15H13FN2O2. The molecule has 0 aliphatic rings. The molecule has 1 amide bonds. The van der Waals surface area contributed by atoms with Crippen LogP contribution in [0, 0.1) is 5.82 Å². The van der Waals surface area contributed by atoms with Gasteiger partial charge in [-0.05, 0) is 30.2 Å². The van der Waals surface area contributed by atoms with Gasteiger partial charge in [-0.1, -0.05) is 12.1 Å². The lowest BCUT2D eigenvalue weighted by atomic mass is 10.1. The van der Waals surface area contributed by atoms with Crippen molar-refractivity contribution < 1.29 is 14.3 Å². The molecule has 20 heavy (non-hydrogen) atoms. The summed E-state index contributed by atoms with van der Waals surface area (Å²) in [6, 6.07) is 8.44. The van der Waals surface area contributed by atoms with E-state index in [4.69, 9.17) is 5.11 Å². The Bertz CT molecular complexity index is 795. The van der Waals surface area contributed by atoms with Gasteiger partial charge in [0.1, 0.15) is 5.82 Å². The lowest BCUT2D eigenvalue weighted by Crippen LogP contribution is -1.95. The Hall–Kier alpha value is -2.40. The molecule has 0 bridgehead atoms. The first kappa shape index (κ1) is 12.6. The molecule has 0 spiro atoms. The standard InChI is InChI=1S/C15H13FN2O2/c16-11-3-4-12(17-8-20)15-14(11)10-2-1-9(5-6-19)7-13(10)18-15/h1-4,7-8,18-19H,5-6H2,(H,17,20). The zero-order valence-electron chi connectivity index (χ0n) is 10.6. The summed E-state index contributed by atoms with van der Waals surface area (Å²) in [5.74, 6) is -0.336. The zero-order chi connectivity index (χ0) is 14.1. The summed E-state index contributed by atoms with van der Waals surface area (Å²) in [5, 5.41) is 12.7. The molecule has 0 saturated heterocycles. The fourth-order valence-corrected chi connectivity index (χ4v) is 2.49. The van der Waals surface area contributed by atoms with Gasteiger partial charge in [0.2, 0.25) is 6.41 Å². The Kier molecular flexibility index (Phi) is 3.12. The fourth-order valence-electron chi connectivity index (χ4n) is 2.49. The molecule has 1 heterocycles. The van der Waals surface area contributed by atoms with E-state index >= 15 is 0 Å². The van der Waals surface area contributed by atoms with Gasteiger partial charge in [-0.2, -0.15) is 0 Å². The maximum absolute atomic E-state index is 14.0. The van der Waals surface area contributed by atoms with Gasteiger partial charge in [0.25, 0.3) is 0 Å². The van der Waals surface area contributed by atoms with Crippen molar-refractivity contribution in [3.05, 3.63) is 41.7 Å². The molecule has 0 unspecified atom stereocenters. The first-order chi connectivity index (χ1) is 9.74. The number of aliphatic hydroxyl groups is 1. The van der Waals surface area contributed by atoms with Crippen molar-refractivity contribution in [1.29, 1.82) is 0 Å². The lowest BCUT2D eigenvalue weighted by molar-refractivity contribution is -0.105. The van der Waals surface area contributed by atoms with E-state index in [1.807, 2.05) is 18.2 Å². The van der Waals surface area contributed by atoms with E-state index in [0.717, 1.165) is 16.5 Å². The third-order valence-corrected chi connectivity index (χ3v) is 3.38. The number of carbonyl (C=O) groups is 1. The Morgan fingerprint density at radius 1 is 1.30 bits per heavy atom. The number of halogens is 1.